The van der Waals surface area contributed by atoms with E-state index in [-0.39, 0.29) is 16.5 Å². The highest BCUT2D eigenvalue weighted by Crippen LogP contribution is 2.27. The number of carbonyl (C=O) groups is 1. The number of phenols is 1. The highest BCUT2D eigenvalue weighted by Gasteiger charge is 2.10. The summed E-state index contributed by atoms with van der Waals surface area (Å²) in [6, 6.07) is 13.8. The summed E-state index contributed by atoms with van der Waals surface area (Å²) in [7, 11) is 0. The Morgan fingerprint density at radius 3 is 2.67 bits per heavy atom. The number of aromatic nitrogens is 1. The molecule has 7 heteroatoms. The first-order valence-electron chi connectivity index (χ1n) is 10.4. The van der Waals surface area contributed by atoms with Crippen LogP contribution in [0.5, 0.6) is 5.75 Å². The molecule has 30 heavy (non-hydrogen) atoms. The molecule has 0 aliphatic heterocycles. The van der Waals surface area contributed by atoms with Crippen LogP contribution in [0.15, 0.2) is 47.3 Å². The Balaban J connectivity index is 1.24. The van der Waals surface area contributed by atoms with E-state index >= 15 is 0 Å². The number of aryl methyl sites for hydroxylation is 1. The molecule has 1 aromatic heterocycles. The largest absolute Gasteiger partial charge is 0.506 e. The minimum absolute atomic E-state index is 0.0000409. The number of carbonyl (C=O) groups excluding carboxylic acids is 1. The fourth-order valence-electron chi connectivity index (χ4n) is 3.31. The molecule has 2 aromatic carbocycles. The Hall–Kier alpha value is -2.64. The lowest BCUT2D eigenvalue weighted by Crippen LogP contribution is -2.25. The number of unbranched alkanes of at least 4 members (excludes halogenated alkanes) is 1. The highest BCUT2D eigenvalue weighted by atomic mass is 32.1. The quantitative estimate of drug-likeness (QED) is 0.383. The van der Waals surface area contributed by atoms with E-state index in [1.54, 1.807) is 12.1 Å². The molecule has 6 nitrogen and oxygen atoms in total. The van der Waals surface area contributed by atoms with Crippen LogP contribution in [0.25, 0.3) is 10.2 Å². The lowest BCUT2D eigenvalue weighted by atomic mass is 10.1. The Bertz CT molecular complexity index is 997. The van der Waals surface area contributed by atoms with Crippen molar-refractivity contribution in [2.75, 3.05) is 19.8 Å². The van der Waals surface area contributed by atoms with Gasteiger partial charge in [-0.2, -0.15) is 0 Å². The van der Waals surface area contributed by atoms with Gasteiger partial charge in [-0.3, -0.25) is 9.59 Å². The Morgan fingerprint density at radius 1 is 1.03 bits per heavy atom. The van der Waals surface area contributed by atoms with E-state index in [9.17, 15) is 14.7 Å². The molecule has 0 aliphatic rings. The van der Waals surface area contributed by atoms with Crippen molar-refractivity contribution in [2.45, 2.75) is 38.5 Å². The van der Waals surface area contributed by atoms with Gasteiger partial charge in [0.25, 0.3) is 0 Å². The number of thiazole rings is 1. The molecule has 0 saturated carbocycles. The number of hydrogen-bond donors (Lipinski definition) is 3. The number of amides is 1. The Kier molecular flexibility index (Phi) is 8.47. The molecule has 1 heterocycles. The minimum atomic E-state index is -0.197. The van der Waals surface area contributed by atoms with Crippen LogP contribution >= 0.6 is 11.3 Å². The second-order valence-electron chi connectivity index (χ2n) is 7.22. The number of benzene rings is 2. The minimum Gasteiger partial charge on any atom is -0.506 e. The number of aromatic hydroxyl groups is 1. The maximum atomic E-state index is 12.0. The lowest BCUT2D eigenvalue weighted by molar-refractivity contribution is -0.121. The maximum Gasteiger partial charge on any atom is 0.305 e. The monoisotopic (exact) mass is 428 g/mol. The Morgan fingerprint density at radius 2 is 1.83 bits per heavy atom. The van der Waals surface area contributed by atoms with E-state index in [0.717, 1.165) is 47.5 Å². The van der Waals surface area contributed by atoms with Crippen molar-refractivity contribution in [2.24, 2.45) is 0 Å². The van der Waals surface area contributed by atoms with Crippen LogP contribution in [0.4, 0.5) is 0 Å². The van der Waals surface area contributed by atoms with Crippen molar-refractivity contribution in [3.63, 3.8) is 0 Å². The van der Waals surface area contributed by atoms with E-state index in [1.165, 1.54) is 5.56 Å². The number of fused-ring (bicyclic) bond motifs is 1. The van der Waals surface area contributed by atoms with Gasteiger partial charge in [0.05, 0.1) is 4.70 Å². The van der Waals surface area contributed by atoms with Crippen LogP contribution in [0.3, 0.4) is 0 Å². The summed E-state index contributed by atoms with van der Waals surface area (Å²) in [5.41, 5.74) is 2.76. The third-order valence-electron chi connectivity index (χ3n) is 4.90. The zero-order valence-corrected chi connectivity index (χ0v) is 17.8. The first-order valence-corrected chi connectivity index (χ1v) is 11.2. The number of hydrogen-bond acceptors (Lipinski definition) is 5. The summed E-state index contributed by atoms with van der Waals surface area (Å²) in [6.07, 6.45) is 4.94. The van der Waals surface area contributed by atoms with E-state index < -0.39 is 0 Å². The normalized spacial score (nSPS) is 11.1. The van der Waals surface area contributed by atoms with Crippen LogP contribution in [0.1, 0.15) is 36.8 Å². The average molecular weight is 429 g/mol. The number of phenolic OH excluding ortho intramolecular Hbond substituents is 1. The summed E-state index contributed by atoms with van der Waals surface area (Å²) in [5.74, 6) is 0.0659. The molecule has 3 N–H and O–H groups in total. The number of ether oxygens (including phenoxy) is 1. The molecule has 160 valence electrons. The molecular weight excluding hydrogens is 400 g/mol. The van der Waals surface area contributed by atoms with E-state index in [2.05, 4.69) is 34.6 Å². The standard InChI is InChI=1S/C23H28N2O4S/c26-19-12-11-18(22-21(19)25-23(28)30-22)13-14-24-20(27)10-6-16-29-15-5-4-9-17-7-2-1-3-8-17/h1-3,7-8,11-12,26H,4-6,9-10,13-16H2,(H,24,27)(H,25,28). The predicted octanol–water partition coefficient (Wildman–Crippen LogP) is 3.77. The van der Waals surface area contributed by atoms with Gasteiger partial charge >= 0.3 is 4.87 Å². The van der Waals surface area contributed by atoms with Gasteiger partial charge < -0.3 is 20.1 Å². The summed E-state index contributed by atoms with van der Waals surface area (Å²) in [4.78, 5) is 26.0. The van der Waals surface area contributed by atoms with Gasteiger partial charge in [-0.1, -0.05) is 47.7 Å². The van der Waals surface area contributed by atoms with Crippen molar-refractivity contribution < 1.29 is 14.6 Å². The molecular formula is C23H28N2O4S. The highest BCUT2D eigenvalue weighted by molar-refractivity contribution is 7.16. The molecule has 0 fully saturated rings. The summed E-state index contributed by atoms with van der Waals surface area (Å²) in [5, 5.41) is 12.7. The molecule has 0 saturated heterocycles. The molecule has 3 aromatic rings. The van der Waals surface area contributed by atoms with Crippen molar-refractivity contribution >= 4 is 27.5 Å². The third-order valence-corrected chi connectivity index (χ3v) is 5.85. The maximum absolute atomic E-state index is 12.0. The lowest BCUT2D eigenvalue weighted by Gasteiger charge is -2.07. The van der Waals surface area contributed by atoms with Gasteiger partial charge in [-0.15, -0.1) is 0 Å². The van der Waals surface area contributed by atoms with Crippen LogP contribution in [-0.2, 0) is 22.4 Å². The zero-order chi connectivity index (χ0) is 21.2. The van der Waals surface area contributed by atoms with Gasteiger partial charge in [0.1, 0.15) is 11.3 Å². The van der Waals surface area contributed by atoms with Crippen LogP contribution in [0, 0.1) is 0 Å². The molecule has 0 atom stereocenters. The molecule has 1 amide bonds. The van der Waals surface area contributed by atoms with Gasteiger partial charge in [0.15, 0.2) is 0 Å². The summed E-state index contributed by atoms with van der Waals surface area (Å²) < 4.78 is 6.37. The van der Waals surface area contributed by atoms with E-state index in [0.29, 0.717) is 37.9 Å². The Labute approximate surface area is 179 Å². The number of nitrogens with one attached hydrogen (secondary N) is 2. The molecule has 0 unspecified atom stereocenters. The topological polar surface area (TPSA) is 91.4 Å². The number of rotatable bonds is 12. The predicted molar refractivity (Wildman–Crippen MR) is 120 cm³/mol. The average Bonchev–Trinajstić information content (AvgIpc) is 3.15. The van der Waals surface area contributed by atoms with Gasteiger partial charge in [-0.25, -0.2) is 0 Å². The van der Waals surface area contributed by atoms with Crippen molar-refractivity contribution in [3.05, 3.63) is 63.3 Å². The smallest absolute Gasteiger partial charge is 0.305 e. The fraction of sp³-hybridized carbons (Fsp3) is 0.391. The molecule has 3 rings (SSSR count). The zero-order valence-electron chi connectivity index (χ0n) is 17.0. The van der Waals surface area contributed by atoms with Gasteiger partial charge in [-0.05, 0) is 49.3 Å². The van der Waals surface area contributed by atoms with Crippen LogP contribution < -0.4 is 10.2 Å². The third kappa shape index (κ3) is 6.71. The van der Waals surface area contributed by atoms with Crippen LogP contribution in [0.2, 0.25) is 0 Å². The summed E-state index contributed by atoms with van der Waals surface area (Å²) in [6.45, 7) is 1.81. The van der Waals surface area contributed by atoms with Crippen LogP contribution in [-0.4, -0.2) is 35.8 Å². The van der Waals surface area contributed by atoms with Crippen molar-refractivity contribution in [1.29, 1.82) is 0 Å². The first kappa shape index (κ1) is 22.1. The first-order chi connectivity index (χ1) is 14.6. The van der Waals surface area contributed by atoms with E-state index in [1.807, 2.05) is 6.07 Å². The fourth-order valence-corrected chi connectivity index (χ4v) is 4.21. The SMILES string of the molecule is O=C(CCCOCCCCc1ccccc1)NCCc1ccc(O)c2[nH]c(=O)sc12. The number of H-pyrrole nitrogens is 1. The number of aromatic amines is 1. The van der Waals surface area contributed by atoms with E-state index in [4.69, 9.17) is 4.74 Å². The second kappa shape index (κ2) is 11.5. The summed E-state index contributed by atoms with van der Waals surface area (Å²) >= 11 is 1.07. The second-order valence-corrected chi connectivity index (χ2v) is 8.20. The molecule has 0 radical (unpaired) electrons. The van der Waals surface area contributed by atoms with Crippen molar-refractivity contribution in [3.8, 4) is 5.75 Å². The van der Waals surface area contributed by atoms with Crippen molar-refractivity contribution in [1.82, 2.24) is 10.3 Å². The molecule has 0 bridgehead atoms. The van der Waals surface area contributed by atoms with Gasteiger partial charge in [0.2, 0.25) is 5.91 Å². The molecule has 0 spiro atoms. The van der Waals surface area contributed by atoms with Gasteiger partial charge in [0, 0.05) is 26.2 Å². The molecule has 0 aliphatic carbocycles.